The summed E-state index contributed by atoms with van der Waals surface area (Å²) in [6, 6.07) is 9.46. The molecule has 1 fully saturated rings. The van der Waals surface area contributed by atoms with Gasteiger partial charge in [0.15, 0.2) is 0 Å². The smallest absolute Gasteiger partial charge is 0.415 e. The number of rotatable bonds is 3. The van der Waals surface area contributed by atoms with Crippen LogP contribution in [0.25, 0.3) is 0 Å². The van der Waals surface area contributed by atoms with E-state index < -0.39 is 6.09 Å². The van der Waals surface area contributed by atoms with Crippen molar-refractivity contribution in [3.8, 4) is 0 Å². The van der Waals surface area contributed by atoms with E-state index in [0.29, 0.717) is 13.1 Å². The summed E-state index contributed by atoms with van der Waals surface area (Å²) in [7, 11) is 0. The van der Waals surface area contributed by atoms with Crippen molar-refractivity contribution < 1.29 is 18.8 Å². The van der Waals surface area contributed by atoms with Crippen molar-refractivity contribution in [2.24, 2.45) is 0 Å². The summed E-state index contributed by atoms with van der Waals surface area (Å²) in [6.07, 6.45) is 4.19. The van der Waals surface area contributed by atoms with Gasteiger partial charge in [0.05, 0.1) is 13.1 Å². The van der Waals surface area contributed by atoms with Crippen LogP contribution in [-0.2, 0) is 16.1 Å². The van der Waals surface area contributed by atoms with Crippen LogP contribution >= 0.6 is 0 Å². The summed E-state index contributed by atoms with van der Waals surface area (Å²) in [6.45, 7) is 1.23. The van der Waals surface area contributed by atoms with Gasteiger partial charge in [-0.15, -0.1) is 4.48 Å². The highest BCUT2D eigenvalue weighted by Crippen LogP contribution is 2.19. The van der Waals surface area contributed by atoms with Gasteiger partial charge >= 0.3 is 12.5 Å². The molecule has 4 nitrogen and oxygen atoms in total. The van der Waals surface area contributed by atoms with Crippen LogP contribution in [0.5, 0.6) is 0 Å². The lowest BCUT2D eigenvalue weighted by atomic mass is 10.1. The molecule has 0 aliphatic carbocycles. The first kappa shape index (κ1) is 12.8. The number of amides is 2. The quantitative estimate of drug-likeness (QED) is 0.770. The van der Waals surface area contributed by atoms with Crippen molar-refractivity contribution in [2.45, 2.75) is 25.9 Å². The van der Waals surface area contributed by atoms with E-state index in [0.717, 1.165) is 24.8 Å². The fourth-order valence-corrected chi connectivity index (χ4v) is 2.21. The Morgan fingerprint density at radius 2 is 1.83 bits per heavy atom. The van der Waals surface area contributed by atoms with Gasteiger partial charge < -0.3 is 4.74 Å². The average Bonchev–Trinajstić information content (AvgIpc) is 2.46. The second kappa shape index (κ2) is 5.78. The highest BCUT2D eigenvalue weighted by atomic mass is 16.6. The summed E-state index contributed by atoms with van der Waals surface area (Å²) in [5, 5.41) is 0. The van der Waals surface area contributed by atoms with Gasteiger partial charge in [-0.1, -0.05) is 30.3 Å². The first-order valence-corrected chi connectivity index (χ1v) is 6.24. The molecule has 1 heterocycles. The molecule has 1 radical (unpaired) electrons. The maximum absolute atomic E-state index is 12.0. The Bertz CT molecular complexity index is 410. The number of carbonyl (C=O) groups excluding carboxylic acids is 2. The molecule has 18 heavy (non-hydrogen) atoms. The molecule has 0 atom stereocenters. The molecular formula is C14H17NO3+. The van der Waals surface area contributed by atoms with Crippen LogP contribution < -0.4 is 0 Å². The fourth-order valence-electron chi connectivity index (χ4n) is 2.21. The molecule has 0 spiro atoms. The number of hydrogen-bond acceptors (Lipinski definition) is 3. The SMILES string of the molecule is O=[C][N+]1(C(=O)OCc2ccccc2)CCCCC1. The van der Waals surface area contributed by atoms with E-state index >= 15 is 0 Å². The van der Waals surface area contributed by atoms with Crippen molar-refractivity contribution in [2.75, 3.05) is 13.1 Å². The van der Waals surface area contributed by atoms with Crippen molar-refractivity contribution in [3.05, 3.63) is 35.9 Å². The van der Waals surface area contributed by atoms with E-state index in [1.807, 2.05) is 36.7 Å². The molecule has 0 N–H and O–H groups in total. The van der Waals surface area contributed by atoms with E-state index in [-0.39, 0.29) is 11.1 Å². The van der Waals surface area contributed by atoms with E-state index in [1.54, 1.807) is 0 Å². The Labute approximate surface area is 107 Å². The third kappa shape index (κ3) is 2.76. The Balaban J connectivity index is 1.96. The lowest BCUT2D eigenvalue weighted by Crippen LogP contribution is -2.54. The van der Waals surface area contributed by atoms with Crippen LogP contribution in [0.2, 0.25) is 0 Å². The summed E-state index contributed by atoms with van der Waals surface area (Å²) in [5.41, 5.74) is 0.923. The number of hydrogen-bond donors (Lipinski definition) is 0. The minimum atomic E-state index is -0.478. The molecule has 1 aromatic carbocycles. The molecule has 4 heteroatoms. The van der Waals surface area contributed by atoms with Crippen molar-refractivity contribution >= 4 is 12.5 Å². The van der Waals surface area contributed by atoms with Crippen LogP contribution in [0.4, 0.5) is 4.79 Å². The number of carbonyl (C=O) groups is 1. The summed E-state index contributed by atoms with van der Waals surface area (Å²) in [5.74, 6) is 0. The summed E-state index contributed by atoms with van der Waals surface area (Å²) < 4.78 is 4.93. The van der Waals surface area contributed by atoms with Crippen LogP contribution in [-0.4, -0.2) is 30.1 Å². The predicted octanol–water partition coefficient (Wildman–Crippen LogP) is 2.39. The minimum Gasteiger partial charge on any atom is -0.415 e. The van der Waals surface area contributed by atoms with Crippen molar-refractivity contribution in [1.82, 2.24) is 0 Å². The maximum atomic E-state index is 12.0. The van der Waals surface area contributed by atoms with Gasteiger partial charge in [0.2, 0.25) is 0 Å². The van der Waals surface area contributed by atoms with Crippen LogP contribution in [0.15, 0.2) is 30.3 Å². The average molecular weight is 247 g/mol. The number of likely N-dealkylation sites (tertiary alicyclic amines) is 1. The first-order valence-electron chi connectivity index (χ1n) is 6.24. The Morgan fingerprint density at radius 3 is 2.44 bits per heavy atom. The molecule has 2 amide bonds. The van der Waals surface area contributed by atoms with E-state index in [1.165, 1.54) is 0 Å². The lowest BCUT2D eigenvalue weighted by Gasteiger charge is -2.29. The zero-order valence-corrected chi connectivity index (χ0v) is 10.3. The summed E-state index contributed by atoms with van der Waals surface area (Å²) in [4.78, 5) is 23.1. The molecular weight excluding hydrogens is 230 g/mol. The Kier molecular flexibility index (Phi) is 4.10. The molecule has 1 aliphatic rings. The Morgan fingerprint density at radius 1 is 1.17 bits per heavy atom. The van der Waals surface area contributed by atoms with E-state index in [9.17, 15) is 9.59 Å². The van der Waals surface area contributed by atoms with E-state index in [4.69, 9.17) is 4.74 Å². The highest BCUT2D eigenvalue weighted by molar-refractivity contribution is 5.69. The molecule has 1 saturated heterocycles. The molecule has 0 aromatic heterocycles. The van der Waals surface area contributed by atoms with Gasteiger partial charge in [0.1, 0.15) is 6.61 Å². The number of quaternary nitrogens is 1. The zero-order valence-electron chi connectivity index (χ0n) is 10.3. The molecule has 0 saturated carbocycles. The van der Waals surface area contributed by atoms with Gasteiger partial charge in [0.25, 0.3) is 0 Å². The molecule has 0 bridgehead atoms. The standard InChI is InChI=1S/C14H17NO3/c16-12-15(9-5-2-6-10-15)14(17)18-11-13-7-3-1-4-8-13/h1,3-4,7-8H,2,5-6,9-11H2/q+1. The highest BCUT2D eigenvalue weighted by Gasteiger charge is 2.42. The van der Waals surface area contributed by atoms with Gasteiger partial charge in [-0.3, -0.25) is 0 Å². The zero-order chi connectivity index (χ0) is 12.8. The lowest BCUT2D eigenvalue weighted by molar-refractivity contribution is -0.771. The molecule has 0 unspecified atom stereocenters. The Hall–Kier alpha value is -1.68. The van der Waals surface area contributed by atoms with Crippen LogP contribution in [0.1, 0.15) is 24.8 Å². The second-order valence-electron chi connectivity index (χ2n) is 4.61. The normalized spacial score (nSPS) is 18.0. The third-order valence-electron chi connectivity index (χ3n) is 3.31. The van der Waals surface area contributed by atoms with Gasteiger partial charge in [0, 0.05) is 0 Å². The van der Waals surface area contributed by atoms with Crippen LogP contribution in [0.3, 0.4) is 0 Å². The first-order chi connectivity index (χ1) is 8.77. The number of piperidine rings is 1. The number of nitrogens with zero attached hydrogens (tertiary/aromatic N) is 1. The van der Waals surface area contributed by atoms with E-state index in [2.05, 4.69) is 0 Å². The summed E-state index contributed by atoms with van der Waals surface area (Å²) >= 11 is 0. The van der Waals surface area contributed by atoms with Crippen molar-refractivity contribution in [3.63, 3.8) is 0 Å². The molecule has 1 aromatic rings. The predicted molar refractivity (Wildman–Crippen MR) is 66.2 cm³/mol. The van der Waals surface area contributed by atoms with Crippen molar-refractivity contribution in [1.29, 1.82) is 0 Å². The maximum Gasteiger partial charge on any atom is 0.524 e. The minimum absolute atomic E-state index is 0.210. The largest absolute Gasteiger partial charge is 0.524 e. The van der Waals surface area contributed by atoms with Gasteiger partial charge in [-0.2, -0.15) is 4.79 Å². The molecule has 95 valence electrons. The van der Waals surface area contributed by atoms with Crippen LogP contribution in [0, 0.1) is 0 Å². The van der Waals surface area contributed by atoms with Gasteiger partial charge in [-0.05, 0) is 24.8 Å². The molecule has 1 aliphatic heterocycles. The van der Waals surface area contributed by atoms with Gasteiger partial charge in [-0.25, -0.2) is 4.79 Å². The fraction of sp³-hybridized carbons (Fsp3) is 0.429. The number of ether oxygens (including phenoxy) is 1. The molecule has 2 rings (SSSR count). The number of benzene rings is 1. The monoisotopic (exact) mass is 247 g/mol. The topological polar surface area (TPSA) is 43.4 Å². The number of imide groups is 1. The second-order valence-corrected chi connectivity index (χ2v) is 4.61. The third-order valence-corrected chi connectivity index (χ3v) is 3.31.